The third-order valence-electron chi connectivity index (χ3n) is 4.57. The molecular formula is C18H22N2O. The SMILES string of the molecule is c1ccc2c(c1)CCN(Cc1ccoc1CNC1CC1)C2. The Kier molecular flexibility index (Phi) is 3.53. The predicted molar refractivity (Wildman–Crippen MR) is 82.8 cm³/mol. The Morgan fingerprint density at radius 2 is 2.00 bits per heavy atom. The van der Waals surface area contributed by atoms with E-state index in [1.807, 2.05) is 6.26 Å². The molecule has 21 heavy (non-hydrogen) atoms. The van der Waals surface area contributed by atoms with Crippen LogP contribution in [-0.2, 0) is 26.1 Å². The number of hydrogen-bond acceptors (Lipinski definition) is 3. The Hall–Kier alpha value is -1.58. The third-order valence-corrected chi connectivity index (χ3v) is 4.57. The van der Waals surface area contributed by atoms with E-state index in [-0.39, 0.29) is 0 Å². The molecule has 4 rings (SSSR count). The summed E-state index contributed by atoms with van der Waals surface area (Å²) in [6, 6.07) is 11.7. The van der Waals surface area contributed by atoms with Crippen molar-refractivity contribution in [1.82, 2.24) is 10.2 Å². The summed E-state index contributed by atoms with van der Waals surface area (Å²) >= 11 is 0. The largest absolute Gasteiger partial charge is 0.468 e. The van der Waals surface area contributed by atoms with Gasteiger partial charge in [-0.1, -0.05) is 24.3 Å². The van der Waals surface area contributed by atoms with E-state index in [4.69, 9.17) is 4.42 Å². The van der Waals surface area contributed by atoms with Gasteiger partial charge in [-0.05, 0) is 36.5 Å². The summed E-state index contributed by atoms with van der Waals surface area (Å²) in [4.78, 5) is 2.52. The van der Waals surface area contributed by atoms with Gasteiger partial charge in [0.15, 0.2) is 0 Å². The van der Waals surface area contributed by atoms with E-state index in [0.29, 0.717) is 0 Å². The minimum Gasteiger partial charge on any atom is -0.468 e. The van der Waals surface area contributed by atoms with Gasteiger partial charge in [-0.15, -0.1) is 0 Å². The smallest absolute Gasteiger partial charge is 0.122 e. The molecule has 2 heterocycles. The Morgan fingerprint density at radius 3 is 2.86 bits per heavy atom. The minimum absolute atomic E-state index is 0.727. The molecule has 0 spiro atoms. The van der Waals surface area contributed by atoms with Crippen LogP contribution in [-0.4, -0.2) is 17.5 Å². The van der Waals surface area contributed by atoms with Crippen molar-refractivity contribution in [3.8, 4) is 0 Å². The molecule has 0 saturated heterocycles. The van der Waals surface area contributed by atoms with Crippen LogP contribution < -0.4 is 5.32 Å². The zero-order valence-corrected chi connectivity index (χ0v) is 12.3. The van der Waals surface area contributed by atoms with Crippen LogP contribution in [0.25, 0.3) is 0 Å². The van der Waals surface area contributed by atoms with Gasteiger partial charge < -0.3 is 9.73 Å². The topological polar surface area (TPSA) is 28.4 Å². The molecule has 1 aliphatic heterocycles. The predicted octanol–water partition coefficient (Wildman–Crippen LogP) is 3.09. The fourth-order valence-corrected chi connectivity index (χ4v) is 3.12. The maximum absolute atomic E-state index is 5.66. The lowest BCUT2D eigenvalue weighted by molar-refractivity contribution is 0.243. The molecule has 0 unspecified atom stereocenters. The molecule has 3 heteroatoms. The number of nitrogens with zero attached hydrogens (tertiary/aromatic N) is 1. The van der Waals surface area contributed by atoms with Crippen molar-refractivity contribution in [1.29, 1.82) is 0 Å². The molecule has 2 aromatic rings. The summed E-state index contributed by atoms with van der Waals surface area (Å²) in [5, 5.41) is 3.54. The first-order chi connectivity index (χ1) is 10.4. The van der Waals surface area contributed by atoms with Gasteiger partial charge in [-0.3, -0.25) is 4.90 Å². The van der Waals surface area contributed by atoms with Crippen LogP contribution in [0, 0.1) is 0 Å². The van der Waals surface area contributed by atoms with Crippen molar-refractivity contribution in [3.63, 3.8) is 0 Å². The van der Waals surface area contributed by atoms with Crippen LogP contribution in [0.1, 0.15) is 35.3 Å². The van der Waals surface area contributed by atoms with Crippen LogP contribution in [0.5, 0.6) is 0 Å². The summed E-state index contributed by atoms with van der Waals surface area (Å²) in [5.41, 5.74) is 4.32. The van der Waals surface area contributed by atoms with Gasteiger partial charge >= 0.3 is 0 Å². The third kappa shape index (κ3) is 3.04. The maximum Gasteiger partial charge on any atom is 0.122 e. The van der Waals surface area contributed by atoms with E-state index >= 15 is 0 Å². The minimum atomic E-state index is 0.727. The zero-order valence-electron chi connectivity index (χ0n) is 12.3. The second-order valence-corrected chi connectivity index (χ2v) is 6.25. The number of fused-ring (bicyclic) bond motifs is 1. The molecule has 1 aromatic heterocycles. The van der Waals surface area contributed by atoms with E-state index in [1.165, 1.54) is 29.5 Å². The maximum atomic E-state index is 5.66. The van der Waals surface area contributed by atoms with Crippen LogP contribution >= 0.6 is 0 Å². The summed E-state index contributed by atoms with van der Waals surface area (Å²) < 4.78 is 5.66. The summed E-state index contributed by atoms with van der Waals surface area (Å²) in [5.74, 6) is 1.11. The molecule has 0 atom stereocenters. The molecule has 0 radical (unpaired) electrons. The van der Waals surface area contributed by atoms with Gasteiger partial charge in [0.25, 0.3) is 0 Å². The van der Waals surface area contributed by atoms with E-state index in [1.54, 1.807) is 0 Å². The lowest BCUT2D eigenvalue weighted by atomic mass is 9.99. The van der Waals surface area contributed by atoms with Gasteiger partial charge in [0.1, 0.15) is 5.76 Å². The van der Waals surface area contributed by atoms with Crippen molar-refractivity contribution in [2.45, 2.75) is 44.9 Å². The molecule has 0 amide bonds. The summed E-state index contributed by atoms with van der Waals surface area (Å²) in [6.07, 6.45) is 5.62. The first kappa shape index (κ1) is 13.1. The molecule has 3 nitrogen and oxygen atoms in total. The van der Waals surface area contributed by atoms with Crippen molar-refractivity contribution >= 4 is 0 Å². The van der Waals surface area contributed by atoms with Crippen LogP contribution in [0.15, 0.2) is 41.0 Å². The van der Waals surface area contributed by atoms with Gasteiger partial charge in [0, 0.05) is 31.2 Å². The molecule has 2 aliphatic rings. The van der Waals surface area contributed by atoms with E-state index in [0.717, 1.165) is 44.4 Å². The normalized spacial score (nSPS) is 18.7. The molecule has 1 saturated carbocycles. The van der Waals surface area contributed by atoms with Crippen molar-refractivity contribution < 1.29 is 4.42 Å². The molecule has 0 bridgehead atoms. The second-order valence-electron chi connectivity index (χ2n) is 6.25. The molecule has 1 aliphatic carbocycles. The fourth-order valence-electron chi connectivity index (χ4n) is 3.12. The standard InChI is InChI=1S/C18H22N2O/c1-2-4-15-12-20(9-7-14(15)3-1)13-16-8-10-21-18(16)11-19-17-5-6-17/h1-4,8,10,17,19H,5-7,9,11-13H2. The highest BCUT2D eigenvalue weighted by Gasteiger charge is 2.22. The number of nitrogens with one attached hydrogen (secondary N) is 1. The molecule has 1 aromatic carbocycles. The Bertz CT molecular complexity index is 615. The zero-order chi connectivity index (χ0) is 14.1. The lowest BCUT2D eigenvalue weighted by Gasteiger charge is -2.28. The lowest BCUT2D eigenvalue weighted by Crippen LogP contribution is -2.30. The first-order valence-electron chi connectivity index (χ1n) is 7.96. The van der Waals surface area contributed by atoms with Gasteiger partial charge in [0.2, 0.25) is 0 Å². The van der Waals surface area contributed by atoms with Crippen LogP contribution in [0.4, 0.5) is 0 Å². The first-order valence-corrected chi connectivity index (χ1v) is 7.96. The molecule has 110 valence electrons. The molecule has 1 N–H and O–H groups in total. The van der Waals surface area contributed by atoms with Crippen molar-refractivity contribution in [3.05, 3.63) is 59.0 Å². The number of hydrogen-bond donors (Lipinski definition) is 1. The van der Waals surface area contributed by atoms with E-state index in [9.17, 15) is 0 Å². The highest BCUT2D eigenvalue weighted by Crippen LogP contribution is 2.23. The van der Waals surface area contributed by atoms with Crippen LogP contribution in [0.2, 0.25) is 0 Å². The highest BCUT2D eigenvalue weighted by molar-refractivity contribution is 5.29. The quantitative estimate of drug-likeness (QED) is 0.913. The van der Waals surface area contributed by atoms with Crippen LogP contribution in [0.3, 0.4) is 0 Å². The monoisotopic (exact) mass is 282 g/mol. The Labute approximate surface area is 126 Å². The van der Waals surface area contributed by atoms with Gasteiger partial charge in [0.05, 0.1) is 12.8 Å². The second kappa shape index (κ2) is 5.66. The highest BCUT2D eigenvalue weighted by atomic mass is 16.3. The van der Waals surface area contributed by atoms with Crippen molar-refractivity contribution in [2.24, 2.45) is 0 Å². The fraction of sp³-hybridized carbons (Fsp3) is 0.444. The van der Waals surface area contributed by atoms with Crippen molar-refractivity contribution in [2.75, 3.05) is 6.54 Å². The molecular weight excluding hydrogens is 260 g/mol. The average Bonchev–Trinajstić information content (AvgIpc) is 3.25. The van der Waals surface area contributed by atoms with E-state index < -0.39 is 0 Å². The average molecular weight is 282 g/mol. The van der Waals surface area contributed by atoms with Gasteiger partial charge in [-0.2, -0.15) is 0 Å². The molecule has 1 fully saturated rings. The number of rotatable bonds is 5. The Morgan fingerprint density at radius 1 is 1.14 bits per heavy atom. The summed E-state index contributed by atoms with van der Waals surface area (Å²) in [7, 11) is 0. The Balaban J connectivity index is 1.41. The number of benzene rings is 1. The van der Waals surface area contributed by atoms with Gasteiger partial charge in [-0.25, -0.2) is 0 Å². The number of furan rings is 1. The summed E-state index contributed by atoms with van der Waals surface area (Å²) in [6.45, 7) is 4.05. The van der Waals surface area contributed by atoms with E-state index in [2.05, 4.69) is 40.5 Å².